The molecule has 2 amide bonds. The normalized spacial score (nSPS) is 18.6. The number of anilines is 1. The Hall–Kier alpha value is -3.29. The molecule has 2 heterocycles. The van der Waals surface area contributed by atoms with Crippen molar-refractivity contribution in [3.8, 4) is 5.75 Å². The molecule has 8 heteroatoms. The van der Waals surface area contributed by atoms with Crippen LogP contribution in [0.4, 0.5) is 5.82 Å². The molecule has 8 nitrogen and oxygen atoms in total. The van der Waals surface area contributed by atoms with Crippen LogP contribution in [-0.2, 0) is 4.79 Å². The van der Waals surface area contributed by atoms with Crippen LogP contribution >= 0.6 is 0 Å². The second-order valence-electron chi connectivity index (χ2n) is 6.54. The lowest BCUT2D eigenvalue weighted by Crippen LogP contribution is -2.29. The van der Waals surface area contributed by atoms with E-state index in [-0.39, 0.29) is 23.7 Å². The average molecular weight is 365 g/mol. The van der Waals surface area contributed by atoms with E-state index in [1.54, 1.807) is 37.3 Å². The molecule has 1 unspecified atom stereocenters. The maximum Gasteiger partial charge on any atom is 0.260 e. The summed E-state index contributed by atoms with van der Waals surface area (Å²) in [7, 11) is 1.51. The monoisotopic (exact) mass is 365 g/mol. The lowest BCUT2D eigenvalue weighted by molar-refractivity contribution is -0.119. The molecule has 0 saturated heterocycles. The van der Waals surface area contributed by atoms with Gasteiger partial charge in [0.15, 0.2) is 0 Å². The number of aryl methyl sites for hydroxylation is 1. The van der Waals surface area contributed by atoms with Crippen LogP contribution < -0.4 is 10.1 Å². The number of fused-ring (bicyclic) bond motifs is 1. The molecule has 1 atom stereocenters. The molecule has 0 spiro atoms. The molecule has 4 rings (SSSR count). The molecule has 1 N–H and O–H groups in total. The number of para-hydroxylation sites is 1. The topological polar surface area (TPSA) is 97.9 Å². The number of carbonyl (C=O) groups excluding carboxylic acids is 2. The summed E-state index contributed by atoms with van der Waals surface area (Å²) < 4.78 is 6.65. The van der Waals surface area contributed by atoms with Crippen LogP contribution in [0.2, 0.25) is 0 Å². The van der Waals surface area contributed by atoms with Gasteiger partial charge in [-0.05, 0) is 38.3 Å². The predicted octanol–water partition coefficient (Wildman–Crippen LogP) is 2.44. The SMILES string of the molecule is COc1ccccc1C(=O)Nc1cc(C)nn1C1=NC(=O)C2CCCC2=N1. The van der Waals surface area contributed by atoms with E-state index in [1.807, 2.05) is 0 Å². The number of aliphatic imine (C=N–C) groups is 2. The minimum Gasteiger partial charge on any atom is -0.496 e. The molecule has 27 heavy (non-hydrogen) atoms. The molecule has 2 aliphatic rings. The Morgan fingerprint density at radius 3 is 2.93 bits per heavy atom. The van der Waals surface area contributed by atoms with Crippen LogP contribution in [0, 0.1) is 12.8 Å². The van der Waals surface area contributed by atoms with Crippen LogP contribution in [0.1, 0.15) is 35.3 Å². The van der Waals surface area contributed by atoms with Gasteiger partial charge in [0.1, 0.15) is 11.6 Å². The lowest BCUT2D eigenvalue weighted by Gasteiger charge is -2.15. The zero-order valence-corrected chi connectivity index (χ0v) is 15.1. The van der Waals surface area contributed by atoms with Crippen molar-refractivity contribution in [3.05, 3.63) is 41.6 Å². The Kier molecular flexibility index (Phi) is 4.31. The standard InChI is InChI=1S/C19H19N5O3/c1-11-10-16(21-18(26)13-6-3-4-9-15(13)27-2)24(23-11)19-20-14-8-5-7-12(14)17(25)22-19/h3-4,6,9-10,12H,5,7-8H2,1-2H3,(H,21,26). The maximum absolute atomic E-state index is 12.7. The molecular formula is C19H19N5O3. The van der Waals surface area contributed by atoms with Gasteiger partial charge in [-0.2, -0.15) is 14.8 Å². The summed E-state index contributed by atoms with van der Waals surface area (Å²) in [6, 6.07) is 8.65. The van der Waals surface area contributed by atoms with Gasteiger partial charge >= 0.3 is 0 Å². The van der Waals surface area contributed by atoms with Crippen LogP contribution in [0.3, 0.4) is 0 Å². The molecule has 138 valence electrons. The molecule has 0 bridgehead atoms. The fraction of sp³-hybridized carbons (Fsp3) is 0.316. The van der Waals surface area contributed by atoms with E-state index in [0.717, 1.165) is 25.0 Å². The second kappa shape index (κ2) is 6.79. The van der Waals surface area contributed by atoms with Gasteiger partial charge in [-0.15, -0.1) is 0 Å². The van der Waals surface area contributed by atoms with E-state index < -0.39 is 0 Å². The highest BCUT2D eigenvalue weighted by atomic mass is 16.5. The molecule has 2 aromatic rings. The van der Waals surface area contributed by atoms with Crippen LogP contribution in [-0.4, -0.2) is 40.4 Å². The second-order valence-corrected chi connectivity index (χ2v) is 6.54. The van der Waals surface area contributed by atoms with Crippen LogP contribution in [0.5, 0.6) is 5.75 Å². The van der Waals surface area contributed by atoms with Gasteiger partial charge in [0, 0.05) is 11.8 Å². The molecule has 1 aliphatic heterocycles. The Balaban J connectivity index is 1.66. The van der Waals surface area contributed by atoms with E-state index in [2.05, 4.69) is 20.4 Å². The molecule has 1 aromatic heterocycles. The number of nitrogens with one attached hydrogen (secondary N) is 1. The third-order valence-electron chi connectivity index (χ3n) is 4.69. The first-order chi connectivity index (χ1) is 13.1. The van der Waals surface area contributed by atoms with Crippen molar-refractivity contribution in [1.82, 2.24) is 9.78 Å². The van der Waals surface area contributed by atoms with Crippen molar-refractivity contribution in [1.29, 1.82) is 0 Å². The highest BCUT2D eigenvalue weighted by molar-refractivity contribution is 6.17. The van der Waals surface area contributed by atoms with Gasteiger partial charge in [-0.25, -0.2) is 4.99 Å². The van der Waals surface area contributed by atoms with E-state index in [0.29, 0.717) is 22.8 Å². The zero-order chi connectivity index (χ0) is 19.0. The Morgan fingerprint density at radius 2 is 2.11 bits per heavy atom. The number of nitrogens with zero attached hydrogens (tertiary/aromatic N) is 4. The quantitative estimate of drug-likeness (QED) is 0.903. The largest absolute Gasteiger partial charge is 0.496 e. The minimum atomic E-state index is -0.345. The van der Waals surface area contributed by atoms with Crippen molar-refractivity contribution < 1.29 is 14.3 Å². The number of hydrogen-bond donors (Lipinski definition) is 1. The molecular weight excluding hydrogens is 346 g/mol. The van der Waals surface area contributed by atoms with Crippen LogP contribution in [0.25, 0.3) is 0 Å². The zero-order valence-electron chi connectivity index (χ0n) is 15.1. The summed E-state index contributed by atoms with van der Waals surface area (Å²) in [5, 5.41) is 7.17. The molecule has 0 radical (unpaired) electrons. The van der Waals surface area contributed by atoms with Crippen molar-refractivity contribution >= 4 is 29.3 Å². The third kappa shape index (κ3) is 3.14. The van der Waals surface area contributed by atoms with Crippen molar-refractivity contribution in [2.75, 3.05) is 12.4 Å². The number of amides is 2. The number of aromatic nitrogens is 2. The number of rotatable bonds is 3. The van der Waals surface area contributed by atoms with Gasteiger partial charge in [0.05, 0.1) is 24.3 Å². The van der Waals surface area contributed by atoms with E-state index in [4.69, 9.17) is 4.74 Å². The van der Waals surface area contributed by atoms with E-state index in [1.165, 1.54) is 11.8 Å². The number of benzene rings is 1. The van der Waals surface area contributed by atoms with Gasteiger partial charge < -0.3 is 10.1 Å². The minimum absolute atomic E-state index is 0.191. The van der Waals surface area contributed by atoms with E-state index in [9.17, 15) is 9.59 Å². The molecule has 1 saturated carbocycles. The Labute approximate surface area is 156 Å². The average Bonchev–Trinajstić information content (AvgIpc) is 3.28. The first-order valence-corrected chi connectivity index (χ1v) is 8.78. The Morgan fingerprint density at radius 1 is 1.30 bits per heavy atom. The molecule has 1 aromatic carbocycles. The van der Waals surface area contributed by atoms with Gasteiger partial charge in [0.25, 0.3) is 17.8 Å². The fourth-order valence-electron chi connectivity index (χ4n) is 3.41. The predicted molar refractivity (Wildman–Crippen MR) is 101 cm³/mol. The van der Waals surface area contributed by atoms with Gasteiger partial charge in [0.2, 0.25) is 0 Å². The smallest absolute Gasteiger partial charge is 0.260 e. The van der Waals surface area contributed by atoms with Gasteiger partial charge in [-0.1, -0.05) is 12.1 Å². The fourth-order valence-corrected chi connectivity index (χ4v) is 3.41. The number of ether oxygens (including phenoxy) is 1. The third-order valence-corrected chi connectivity index (χ3v) is 4.69. The summed E-state index contributed by atoms with van der Waals surface area (Å²) in [4.78, 5) is 33.6. The summed E-state index contributed by atoms with van der Waals surface area (Å²) in [6.45, 7) is 1.80. The highest BCUT2D eigenvalue weighted by Crippen LogP contribution is 2.27. The van der Waals surface area contributed by atoms with Crippen molar-refractivity contribution in [2.45, 2.75) is 26.2 Å². The lowest BCUT2D eigenvalue weighted by atomic mass is 10.1. The highest BCUT2D eigenvalue weighted by Gasteiger charge is 2.33. The number of hydrogen-bond acceptors (Lipinski definition) is 5. The summed E-state index contributed by atoms with van der Waals surface area (Å²) in [5.74, 6) is 0.326. The number of carbonyl (C=O) groups is 2. The summed E-state index contributed by atoms with van der Waals surface area (Å²) in [6.07, 6.45) is 2.52. The Bertz CT molecular complexity index is 989. The van der Waals surface area contributed by atoms with Crippen LogP contribution in [0.15, 0.2) is 40.3 Å². The number of methoxy groups -OCH3 is 1. The van der Waals surface area contributed by atoms with Gasteiger partial charge in [-0.3, -0.25) is 9.59 Å². The summed E-state index contributed by atoms with van der Waals surface area (Å²) >= 11 is 0. The van der Waals surface area contributed by atoms with Crippen molar-refractivity contribution in [3.63, 3.8) is 0 Å². The first-order valence-electron chi connectivity index (χ1n) is 8.78. The summed E-state index contributed by atoms with van der Waals surface area (Å²) in [5.41, 5.74) is 1.92. The van der Waals surface area contributed by atoms with Crippen molar-refractivity contribution in [2.24, 2.45) is 15.9 Å². The molecule has 1 fully saturated rings. The maximum atomic E-state index is 12.7. The van der Waals surface area contributed by atoms with E-state index >= 15 is 0 Å². The first kappa shape index (κ1) is 17.1. The molecule has 1 aliphatic carbocycles.